The highest BCUT2D eigenvalue weighted by Gasteiger charge is 2.30. The number of hydrogen-bond acceptors (Lipinski definition) is 4. The summed E-state index contributed by atoms with van der Waals surface area (Å²) in [6.07, 6.45) is 12.9. The second-order valence-electron chi connectivity index (χ2n) is 11.2. The second kappa shape index (κ2) is 16.6. The molecule has 4 rings (SSSR count). The maximum absolute atomic E-state index is 5.47. The zero-order chi connectivity index (χ0) is 26.4. The van der Waals surface area contributed by atoms with Crippen molar-refractivity contribution in [2.75, 3.05) is 62.7 Å². The lowest BCUT2D eigenvalue weighted by atomic mass is 9.68. The third kappa shape index (κ3) is 9.24. The van der Waals surface area contributed by atoms with E-state index in [9.17, 15) is 0 Å². The topological polar surface area (TPSA) is 19.0 Å². The molecule has 1 aromatic rings. The molecule has 0 aromatic heterocycles. The van der Waals surface area contributed by atoms with E-state index < -0.39 is 0 Å². The van der Waals surface area contributed by atoms with Crippen molar-refractivity contribution in [3.05, 3.63) is 24.3 Å². The fraction of sp³-hybridized carbons (Fsp3) is 0.812. The molecule has 0 N–H and O–H groups in total. The Morgan fingerprint density at radius 3 is 1.83 bits per heavy atom. The minimum atomic E-state index is 0.394. The third-order valence-corrected chi connectivity index (χ3v) is 9.09. The standard InChI is InChI=1S/C19H31N3O.C11H22.C2H6/c1-3-4-10-20-12-14-21(15-13-20)17-5-7-18(8-6-17)22-11-9-19(16-22)23-2;1-4-11(5-2)8-6-10(3)7-9-11;1-2/h5-8,19H,3-4,9-16H2,1-2H3;10H,4-9H2,1-3H3;1-2H3/t19-;;/m1../s1. The van der Waals surface area contributed by atoms with Crippen LogP contribution in [0.25, 0.3) is 0 Å². The van der Waals surface area contributed by atoms with Crippen molar-refractivity contribution >= 4 is 11.4 Å². The Balaban J connectivity index is 0.000000295. The van der Waals surface area contributed by atoms with Crippen molar-refractivity contribution in [1.29, 1.82) is 0 Å². The summed E-state index contributed by atoms with van der Waals surface area (Å²) >= 11 is 0. The molecular weight excluding hydrogens is 442 g/mol. The summed E-state index contributed by atoms with van der Waals surface area (Å²) in [5.74, 6) is 1.00. The lowest BCUT2D eigenvalue weighted by Crippen LogP contribution is -2.46. The van der Waals surface area contributed by atoms with Gasteiger partial charge in [0.05, 0.1) is 6.10 Å². The van der Waals surface area contributed by atoms with Gasteiger partial charge in [-0.2, -0.15) is 0 Å². The molecule has 2 aliphatic heterocycles. The van der Waals surface area contributed by atoms with Gasteiger partial charge in [0.15, 0.2) is 0 Å². The number of anilines is 2. The van der Waals surface area contributed by atoms with Gasteiger partial charge < -0.3 is 14.5 Å². The first-order valence-electron chi connectivity index (χ1n) is 15.4. The van der Waals surface area contributed by atoms with E-state index in [0.29, 0.717) is 6.10 Å². The van der Waals surface area contributed by atoms with Gasteiger partial charge in [-0.3, -0.25) is 4.90 Å². The van der Waals surface area contributed by atoms with E-state index in [-0.39, 0.29) is 0 Å². The van der Waals surface area contributed by atoms with Gasteiger partial charge in [0.1, 0.15) is 0 Å². The lowest BCUT2D eigenvalue weighted by molar-refractivity contribution is 0.121. The van der Waals surface area contributed by atoms with E-state index in [1.165, 1.54) is 82.4 Å². The van der Waals surface area contributed by atoms with Crippen LogP contribution < -0.4 is 9.80 Å². The fourth-order valence-corrected chi connectivity index (χ4v) is 5.97. The van der Waals surface area contributed by atoms with Gasteiger partial charge >= 0.3 is 0 Å². The van der Waals surface area contributed by atoms with Crippen molar-refractivity contribution < 1.29 is 4.74 Å². The fourth-order valence-electron chi connectivity index (χ4n) is 5.97. The molecular formula is C32H59N3O. The summed E-state index contributed by atoms with van der Waals surface area (Å²) in [7, 11) is 1.82. The molecule has 0 spiro atoms. The van der Waals surface area contributed by atoms with Crippen molar-refractivity contribution in [3.8, 4) is 0 Å². The molecule has 2 heterocycles. The molecule has 36 heavy (non-hydrogen) atoms. The van der Waals surface area contributed by atoms with Crippen LogP contribution >= 0.6 is 0 Å². The van der Waals surface area contributed by atoms with Crippen molar-refractivity contribution in [2.45, 2.75) is 105 Å². The predicted molar refractivity (Wildman–Crippen MR) is 160 cm³/mol. The van der Waals surface area contributed by atoms with E-state index >= 15 is 0 Å². The smallest absolute Gasteiger partial charge is 0.0762 e. The Labute approximate surface area is 224 Å². The van der Waals surface area contributed by atoms with Crippen LogP contribution in [0.15, 0.2) is 24.3 Å². The minimum absolute atomic E-state index is 0.394. The number of benzene rings is 1. The summed E-state index contributed by atoms with van der Waals surface area (Å²) < 4.78 is 5.47. The van der Waals surface area contributed by atoms with Gasteiger partial charge in [0, 0.05) is 57.8 Å². The molecule has 1 aromatic carbocycles. The van der Waals surface area contributed by atoms with Gasteiger partial charge in [0.2, 0.25) is 0 Å². The van der Waals surface area contributed by atoms with E-state index in [0.717, 1.165) is 43.9 Å². The van der Waals surface area contributed by atoms with Gasteiger partial charge in [-0.15, -0.1) is 0 Å². The maximum atomic E-state index is 5.47. The first-order valence-corrected chi connectivity index (χ1v) is 15.4. The SMILES string of the molecule is CC.CCC1(CC)CCC(C)CC1.CCCCN1CCN(c2ccc(N3CC[C@@H](OC)C3)cc2)CC1. The average molecular weight is 502 g/mol. The number of piperazine rings is 1. The summed E-state index contributed by atoms with van der Waals surface area (Å²) in [5, 5.41) is 0. The predicted octanol–water partition coefficient (Wildman–Crippen LogP) is 7.86. The highest BCUT2D eigenvalue weighted by Crippen LogP contribution is 2.43. The molecule has 1 atom stereocenters. The first kappa shape index (κ1) is 31.0. The number of nitrogens with zero attached hydrogens (tertiary/aromatic N) is 3. The summed E-state index contributed by atoms with van der Waals surface area (Å²) in [4.78, 5) is 7.55. The third-order valence-electron chi connectivity index (χ3n) is 9.09. The molecule has 0 amide bonds. The number of methoxy groups -OCH3 is 1. The molecule has 208 valence electrons. The zero-order valence-electron chi connectivity index (χ0n) is 25.0. The Kier molecular flexibility index (Phi) is 14.2. The molecule has 3 aliphatic rings. The highest BCUT2D eigenvalue weighted by molar-refractivity contribution is 5.57. The molecule has 1 aliphatic carbocycles. The van der Waals surface area contributed by atoms with Crippen molar-refractivity contribution in [2.24, 2.45) is 11.3 Å². The number of hydrogen-bond donors (Lipinski definition) is 0. The molecule has 0 unspecified atom stereocenters. The van der Waals surface area contributed by atoms with Crippen molar-refractivity contribution in [3.63, 3.8) is 0 Å². The van der Waals surface area contributed by atoms with Gasteiger partial charge in [0.25, 0.3) is 0 Å². The van der Waals surface area contributed by atoms with Crippen LogP contribution in [-0.2, 0) is 4.74 Å². The van der Waals surface area contributed by atoms with Crippen LogP contribution in [0.1, 0.15) is 99.3 Å². The quantitative estimate of drug-likeness (QED) is 0.361. The average Bonchev–Trinajstić information content (AvgIpc) is 3.44. The van der Waals surface area contributed by atoms with Crippen LogP contribution in [0.3, 0.4) is 0 Å². The van der Waals surface area contributed by atoms with Crippen LogP contribution in [0, 0.1) is 11.3 Å². The Hall–Kier alpha value is -1.26. The molecule has 2 saturated heterocycles. The summed E-state index contributed by atoms with van der Waals surface area (Å²) in [5.41, 5.74) is 3.44. The molecule has 4 nitrogen and oxygen atoms in total. The Bertz CT molecular complexity index is 669. The second-order valence-corrected chi connectivity index (χ2v) is 11.2. The van der Waals surface area contributed by atoms with Gasteiger partial charge in [-0.25, -0.2) is 0 Å². The number of rotatable bonds is 8. The van der Waals surface area contributed by atoms with Crippen LogP contribution in [0.2, 0.25) is 0 Å². The van der Waals surface area contributed by atoms with E-state index in [4.69, 9.17) is 4.74 Å². The van der Waals surface area contributed by atoms with E-state index in [2.05, 4.69) is 66.7 Å². The monoisotopic (exact) mass is 501 g/mol. The molecule has 1 saturated carbocycles. The molecule has 0 radical (unpaired) electrons. The van der Waals surface area contributed by atoms with Crippen LogP contribution in [0.4, 0.5) is 11.4 Å². The van der Waals surface area contributed by atoms with Gasteiger partial charge in [-0.05, 0) is 67.8 Å². The van der Waals surface area contributed by atoms with Crippen LogP contribution in [0.5, 0.6) is 0 Å². The van der Waals surface area contributed by atoms with Crippen molar-refractivity contribution in [1.82, 2.24) is 4.90 Å². The normalized spacial score (nSPS) is 22.5. The largest absolute Gasteiger partial charge is 0.380 e. The van der Waals surface area contributed by atoms with Gasteiger partial charge in [-0.1, -0.05) is 73.6 Å². The minimum Gasteiger partial charge on any atom is -0.380 e. The zero-order valence-corrected chi connectivity index (χ0v) is 25.0. The van der Waals surface area contributed by atoms with E-state index in [1.807, 2.05) is 21.0 Å². The Morgan fingerprint density at radius 2 is 1.36 bits per heavy atom. The summed E-state index contributed by atoms with van der Waals surface area (Å²) in [6.45, 7) is 21.5. The molecule has 0 bridgehead atoms. The van der Waals surface area contributed by atoms with E-state index in [1.54, 1.807) is 0 Å². The molecule has 4 heteroatoms. The highest BCUT2D eigenvalue weighted by atomic mass is 16.5. The first-order chi connectivity index (χ1) is 17.5. The maximum Gasteiger partial charge on any atom is 0.0762 e. The lowest BCUT2D eigenvalue weighted by Gasteiger charge is -2.38. The Morgan fingerprint density at radius 1 is 0.806 bits per heavy atom. The number of ether oxygens (including phenoxy) is 1. The molecule has 3 fully saturated rings. The number of unbranched alkanes of at least 4 members (excludes halogenated alkanes) is 1. The summed E-state index contributed by atoms with van der Waals surface area (Å²) in [6, 6.07) is 9.13. The van der Waals surface area contributed by atoms with Crippen LogP contribution in [-0.4, -0.2) is 63.9 Å².